The third-order valence-electron chi connectivity index (χ3n) is 3.67. The molecule has 2 rings (SSSR count). The number of carbonyl (C=O) groups is 1. The zero-order valence-electron chi connectivity index (χ0n) is 14.2. The zero-order chi connectivity index (χ0) is 17.4. The predicted molar refractivity (Wildman–Crippen MR) is 92.9 cm³/mol. The highest BCUT2D eigenvalue weighted by Gasteiger charge is 2.09. The molecule has 5 nitrogen and oxygen atoms in total. The molecule has 0 bridgehead atoms. The lowest BCUT2D eigenvalue weighted by atomic mass is 10.0. The molecule has 24 heavy (non-hydrogen) atoms. The fourth-order valence-corrected chi connectivity index (χ4v) is 2.23. The Morgan fingerprint density at radius 1 is 1.00 bits per heavy atom. The van der Waals surface area contributed by atoms with E-state index in [1.807, 2.05) is 18.2 Å². The quantitative estimate of drug-likeness (QED) is 0.809. The van der Waals surface area contributed by atoms with Crippen LogP contribution in [0.3, 0.4) is 0 Å². The van der Waals surface area contributed by atoms with E-state index in [1.54, 1.807) is 32.4 Å². The maximum Gasteiger partial charge on any atom is 0.257 e. The lowest BCUT2D eigenvalue weighted by molar-refractivity contribution is -0.123. The van der Waals surface area contributed by atoms with Crippen LogP contribution in [0.15, 0.2) is 48.5 Å². The highest BCUT2D eigenvalue weighted by atomic mass is 16.5. The Morgan fingerprint density at radius 3 is 2.17 bits per heavy atom. The summed E-state index contributed by atoms with van der Waals surface area (Å²) in [5.41, 5.74) is 1.19. The molecule has 0 radical (unpaired) electrons. The Morgan fingerprint density at radius 2 is 1.58 bits per heavy atom. The van der Waals surface area contributed by atoms with Gasteiger partial charge in [0.15, 0.2) is 6.61 Å². The summed E-state index contributed by atoms with van der Waals surface area (Å²) in [6.07, 6.45) is 0. The number of benzene rings is 2. The Hall–Kier alpha value is -2.69. The summed E-state index contributed by atoms with van der Waals surface area (Å²) in [4.78, 5) is 12.0. The topological polar surface area (TPSA) is 56.8 Å². The molecule has 0 spiro atoms. The summed E-state index contributed by atoms with van der Waals surface area (Å²) in [7, 11) is 3.13. The number of rotatable bonds is 8. The van der Waals surface area contributed by atoms with Gasteiger partial charge in [-0.1, -0.05) is 37.3 Å². The van der Waals surface area contributed by atoms with E-state index in [9.17, 15) is 4.79 Å². The van der Waals surface area contributed by atoms with Crippen LogP contribution in [0.2, 0.25) is 0 Å². The van der Waals surface area contributed by atoms with Gasteiger partial charge in [-0.25, -0.2) is 0 Å². The normalized spacial score (nSPS) is 11.5. The van der Waals surface area contributed by atoms with Crippen LogP contribution >= 0.6 is 0 Å². The van der Waals surface area contributed by atoms with Crippen molar-refractivity contribution in [1.29, 1.82) is 0 Å². The summed E-state index contributed by atoms with van der Waals surface area (Å²) in [5.74, 6) is 1.83. The predicted octanol–water partition coefficient (Wildman–Crippen LogP) is 3.00. The highest BCUT2D eigenvalue weighted by Crippen LogP contribution is 2.27. The largest absolute Gasteiger partial charge is 0.496 e. The molecule has 0 saturated carbocycles. The molecule has 1 atom stereocenters. The van der Waals surface area contributed by atoms with Crippen LogP contribution in [-0.4, -0.2) is 33.3 Å². The zero-order valence-corrected chi connectivity index (χ0v) is 14.2. The number of ether oxygens (including phenoxy) is 3. The second-order valence-corrected chi connectivity index (χ2v) is 5.45. The van der Waals surface area contributed by atoms with E-state index in [1.165, 1.54) is 5.56 Å². The van der Waals surface area contributed by atoms with E-state index in [-0.39, 0.29) is 18.4 Å². The smallest absolute Gasteiger partial charge is 0.257 e. The van der Waals surface area contributed by atoms with Crippen molar-refractivity contribution in [3.05, 3.63) is 54.1 Å². The van der Waals surface area contributed by atoms with Gasteiger partial charge in [0, 0.05) is 24.7 Å². The molecule has 0 heterocycles. The molecule has 0 fully saturated rings. The van der Waals surface area contributed by atoms with Gasteiger partial charge >= 0.3 is 0 Å². The third kappa shape index (κ3) is 5.19. The number of nitrogens with one attached hydrogen (secondary N) is 1. The fraction of sp³-hybridized carbons (Fsp3) is 0.316. The summed E-state index contributed by atoms with van der Waals surface area (Å²) in [5, 5.41) is 2.88. The molecule has 0 aliphatic heterocycles. The van der Waals surface area contributed by atoms with Gasteiger partial charge in [-0.15, -0.1) is 0 Å². The second-order valence-electron chi connectivity index (χ2n) is 5.45. The summed E-state index contributed by atoms with van der Waals surface area (Å²) < 4.78 is 15.9. The van der Waals surface area contributed by atoms with E-state index in [2.05, 4.69) is 24.4 Å². The minimum absolute atomic E-state index is 0.0577. The first kappa shape index (κ1) is 17.7. The molecule has 128 valence electrons. The van der Waals surface area contributed by atoms with E-state index in [0.29, 0.717) is 23.8 Å². The average molecular weight is 329 g/mol. The maximum absolute atomic E-state index is 12.0. The number of amides is 1. The van der Waals surface area contributed by atoms with Crippen molar-refractivity contribution in [1.82, 2.24) is 5.32 Å². The summed E-state index contributed by atoms with van der Waals surface area (Å²) in [6.45, 7) is 2.58. The van der Waals surface area contributed by atoms with Crippen LogP contribution in [0.1, 0.15) is 18.4 Å². The van der Waals surface area contributed by atoms with E-state index < -0.39 is 0 Å². The first-order valence-electron chi connectivity index (χ1n) is 7.80. The standard InChI is InChI=1S/C19H23NO4/c1-14(15-7-5-4-6-8-15)12-20-19(21)13-24-18-10-16(22-2)9-17(11-18)23-3/h4-11,14H,12-13H2,1-3H3,(H,20,21). The Bertz CT molecular complexity index is 635. The molecule has 0 saturated heterocycles. The van der Waals surface area contributed by atoms with Crippen molar-refractivity contribution in [2.45, 2.75) is 12.8 Å². The first-order chi connectivity index (χ1) is 11.6. The molecule has 2 aromatic carbocycles. The van der Waals surface area contributed by atoms with Crippen molar-refractivity contribution in [3.63, 3.8) is 0 Å². The van der Waals surface area contributed by atoms with E-state index in [4.69, 9.17) is 14.2 Å². The highest BCUT2D eigenvalue weighted by molar-refractivity contribution is 5.77. The van der Waals surface area contributed by atoms with Crippen molar-refractivity contribution in [2.24, 2.45) is 0 Å². The van der Waals surface area contributed by atoms with Crippen LogP contribution in [0.5, 0.6) is 17.2 Å². The number of hydrogen-bond donors (Lipinski definition) is 1. The van der Waals surface area contributed by atoms with Crippen molar-refractivity contribution in [3.8, 4) is 17.2 Å². The number of methoxy groups -OCH3 is 2. The van der Waals surface area contributed by atoms with Crippen molar-refractivity contribution in [2.75, 3.05) is 27.4 Å². The third-order valence-corrected chi connectivity index (χ3v) is 3.67. The summed E-state index contributed by atoms with van der Waals surface area (Å²) in [6, 6.07) is 15.2. The van der Waals surface area contributed by atoms with Gasteiger partial charge in [-0.05, 0) is 11.5 Å². The summed E-state index contributed by atoms with van der Waals surface area (Å²) >= 11 is 0. The molecule has 0 aliphatic rings. The van der Waals surface area contributed by atoms with E-state index in [0.717, 1.165) is 0 Å². The molecule has 0 aromatic heterocycles. The van der Waals surface area contributed by atoms with Gasteiger partial charge in [0.05, 0.1) is 14.2 Å². The minimum atomic E-state index is -0.167. The first-order valence-corrected chi connectivity index (χ1v) is 7.80. The van der Waals surface area contributed by atoms with Gasteiger partial charge < -0.3 is 19.5 Å². The van der Waals surface area contributed by atoms with Crippen molar-refractivity contribution >= 4 is 5.91 Å². The Balaban J connectivity index is 1.83. The van der Waals surface area contributed by atoms with Gasteiger partial charge in [-0.2, -0.15) is 0 Å². The second kappa shape index (κ2) is 8.82. The van der Waals surface area contributed by atoms with Crippen LogP contribution in [0.25, 0.3) is 0 Å². The van der Waals surface area contributed by atoms with Crippen LogP contribution < -0.4 is 19.5 Å². The number of carbonyl (C=O) groups excluding carboxylic acids is 1. The monoisotopic (exact) mass is 329 g/mol. The molecular weight excluding hydrogens is 306 g/mol. The average Bonchev–Trinajstić information content (AvgIpc) is 2.64. The lowest BCUT2D eigenvalue weighted by Crippen LogP contribution is -2.31. The van der Waals surface area contributed by atoms with Crippen LogP contribution in [0.4, 0.5) is 0 Å². The molecule has 0 aliphatic carbocycles. The molecule has 2 aromatic rings. The Kier molecular flexibility index (Phi) is 6.49. The van der Waals surface area contributed by atoms with Crippen molar-refractivity contribution < 1.29 is 19.0 Å². The SMILES string of the molecule is COc1cc(OC)cc(OCC(=O)NCC(C)c2ccccc2)c1. The molecule has 1 N–H and O–H groups in total. The molecule has 5 heteroatoms. The van der Waals surface area contributed by atoms with Gasteiger partial charge in [-0.3, -0.25) is 4.79 Å². The maximum atomic E-state index is 12.0. The Labute approximate surface area is 142 Å². The minimum Gasteiger partial charge on any atom is -0.496 e. The van der Waals surface area contributed by atoms with Gasteiger partial charge in [0.25, 0.3) is 5.91 Å². The fourth-order valence-electron chi connectivity index (χ4n) is 2.23. The number of hydrogen-bond acceptors (Lipinski definition) is 4. The molecule has 1 unspecified atom stereocenters. The van der Waals surface area contributed by atoms with Crippen LogP contribution in [-0.2, 0) is 4.79 Å². The lowest BCUT2D eigenvalue weighted by Gasteiger charge is -2.14. The van der Waals surface area contributed by atoms with Gasteiger partial charge in [0.1, 0.15) is 17.2 Å². The van der Waals surface area contributed by atoms with E-state index >= 15 is 0 Å². The van der Waals surface area contributed by atoms with Gasteiger partial charge in [0.2, 0.25) is 0 Å². The van der Waals surface area contributed by atoms with Crippen LogP contribution in [0, 0.1) is 0 Å². The molecule has 1 amide bonds. The molecular formula is C19H23NO4.